The lowest BCUT2D eigenvalue weighted by Crippen LogP contribution is -2.40. The van der Waals surface area contributed by atoms with Crippen molar-refractivity contribution in [2.24, 2.45) is 5.73 Å². The van der Waals surface area contributed by atoms with Crippen molar-refractivity contribution >= 4 is 27.4 Å². The van der Waals surface area contributed by atoms with Crippen LogP contribution >= 0.6 is 11.6 Å². The van der Waals surface area contributed by atoms with Crippen molar-refractivity contribution in [3.63, 3.8) is 0 Å². The molecule has 0 saturated heterocycles. The zero-order valence-electron chi connectivity index (χ0n) is 10.2. The molecule has 7 heteroatoms. The highest BCUT2D eigenvalue weighted by Gasteiger charge is 2.73. The first-order valence-corrected chi connectivity index (χ1v) is 7.83. The number of hydrogen-bond donors (Lipinski definition) is 2. The van der Waals surface area contributed by atoms with Crippen molar-refractivity contribution in [2.45, 2.75) is 23.6 Å². The van der Waals surface area contributed by atoms with Gasteiger partial charge >= 0.3 is 5.97 Å². The number of sulfone groups is 1. The van der Waals surface area contributed by atoms with Crippen LogP contribution < -0.4 is 5.73 Å². The van der Waals surface area contributed by atoms with Crippen LogP contribution in [0.5, 0.6) is 0 Å². The standard InChI is InChI=1S/C12H14ClNO4S/c1-2-19(17,18)10-9(12(10,14)11(15)16)7-3-5-8(13)6-4-7/h3-6,9-10H,2,14H2,1H3,(H,15,16)/t9-,10+,12-/m0/s1. The Hall–Kier alpha value is -1.11. The van der Waals surface area contributed by atoms with E-state index in [1.54, 1.807) is 24.3 Å². The second kappa shape index (κ2) is 4.47. The first-order chi connectivity index (χ1) is 8.75. The van der Waals surface area contributed by atoms with Gasteiger partial charge in [-0.15, -0.1) is 0 Å². The molecule has 104 valence electrons. The third kappa shape index (κ3) is 2.13. The van der Waals surface area contributed by atoms with Crippen molar-refractivity contribution in [3.8, 4) is 0 Å². The van der Waals surface area contributed by atoms with Gasteiger partial charge in [0.05, 0.1) is 5.25 Å². The lowest BCUT2D eigenvalue weighted by atomic mass is 10.1. The van der Waals surface area contributed by atoms with E-state index in [0.29, 0.717) is 10.6 Å². The maximum atomic E-state index is 12.0. The molecule has 0 spiro atoms. The Balaban J connectivity index is 2.45. The van der Waals surface area contributed by atoms with E-state index in [9.17, 15) is 18.3 Å². The average molecular weight is 304 g/mol. The first-order valence-electron chi connectivity index (χ1n) is 5.74. The quantitative estimate of drug-likeness (QED) is 0.865. The van der Waals surface area contributed by atoms with Crippen LogP contribution in [0.1, 0.15) is 18.4 Å². The van der Waals surface area contributed by atoms with Crippen molar-refractivity contribution in [3.05, 3.63) is 34.9 Å². The van der Waals surface area contributed by atoms with Crippen LogP contribution in [0.15, 0.2) is 24.3 Å². The number of hydrogen-bond acceptors (Lipinski definition) is 4. The van der Waals surface area contributed by atoms with E-state index in [1.165, 1.54) is 6.92 Å². The predicted octanol–water partition coefficient (Wildman–Crippen LogP) is 1.02. The molecule has 3 atom stereocenters. The van der Waals surface area contributed by atoms with Gasteiger partial charge < -0.3 is 10.8 Å². The van der Waals surface area contributed by atoms with Gasteiger partial charge in [-0.1, -0.05) is 30.7 Å². The molecule has 0 heterocycles. The fraction of sp³-hybridized carbons (Fsp3) is 0.417. The number of carboxylic acid groups (broad SMARTS) is 1. The molecular weight excluding hydrogens is 290 g/mol. The summed E-state index contributed by atoms with van der Waals surface area (Å²) in [6.07, 6.45) is 0. The third-order valence-electron chi connectivity index (χ3n) is 3.57. The van der Waals surface area contributed by atoms with Crippen LogP contribution in [0.25, 0.3) is 0 Å². The summed E-state index contributed by atoms with van der Waals surface area (Å²) in [7, 11) is -3.52. The second-order valence-corrected chi connectivity index (χ2v) is 7.49. The predicted molar refractivity (Wildman–Crippen MR) is 72.0 cm³/mol. The highest BCUT2D eigenvalue weighted by molar-refractivity contribution is 7.92. The van der Waals surface area contributed by atoms with Gasteiger partial charge in [-0.3, -0.25) is 4.79 Å². The van der Waals surface area contributed by atoms with Crippen LogP contribution in [0.2, 0.25) is 5.02 Å². The second-order valence-electron chi connectivity index (χ2n) is 4.64. The fourth-order valence-corrected chi connectivity index (χ4v) is 4.48. The molecule has 3 N–H and O–H groups in total. The monoisotopic (exact) mass is 303 g/mol. The molecule has 0 aliphatic heterocycles. The Kier molecular flexibility index (Phi) is 3.36. The highest BCUT2D eigenvalue weighted by atomic mass is 35.5. The summed E-state index contributed by atoms with van der Waals surface area (Å²) in [5.74, 6) is -2.16. The van der Waals surface area contributed by atoms with Gasteiger partial charge in [-0.05, 0) is 17.7 Å². The summed E-state index contributed by atoms with van der Waals surface area (Å²) >= 11 is 5.76. The van der Waals surface area contributed by atoms with Crippen molar-refractivity contribution in [1.29, 1.82) is 0 Å². The molecule has 1 saturated carbocycles. The van der Waals surface area contributed by atoms with Gasteiger partial charge in [-0.2, -0.15) is 0 Å². The first kappa shape index (κ1) is 14.3. The van der Waals surface area contributed by atoms with E-state index in [1.807, 2.05) is 0 Å². The molecule has 5 nitrogen and oxygen atoms in total. The van der Waals surface area contributed by atoms with Gasteiger partial charge in [0, 0.05) is 16.7 Å². The topological polar surface area (TPSA) is 97.5 Å². The SMILES string of the molecule is CCS(=O)(=O)[C@@H]1[C@H](c2ccc(Cl)cc2)[C@@]1(N)C(=O)O. The number of benzene rings is 1. The van der Waals surface area contributed by atoms with E-state index in [4.69, 9.17) is 17.3 Å². The summed E-state index contributed by atoms with van der Waals surface area (Å²) < 4.78 is 23.9. The maximum absolute atomic E-state index is 12.0. The van der Waals surface area contributed by atoms with E-state index < -0.39 is 32.5 Å². The minimum absolute atomic E-state index is 0.131. The van der Waals surface area contributed by atoms with Crippen LogP contribution in [0.3, 0.4) is 0 Å². The van der Waals surface area contributed by atoms with Crippen LogP contribution in [0, 0.1) is 0 Å². The van der Waals surface area contributed by atoms with Crippen molar-refractivity contribution in [1.82, 2.24) is 0 Å². The molecular formula is C12H14ClNO4S. The van der Waals surface area contributed by atoms with Crippen LogP contribution in [-0.4, -0.2) is 36.0 Å². The number of carboxylic acids is 1. The largest absolute Gasteiger partial charge is 0.480 e. The van der Waals surface area contributed by atoms with E-state index in [2.05, 4.69) is 0 Å². The van der Waals surface area contributed by atoms with Gasteiger partial charge in [-0.25, -0.2) is 8.42 Å². The Morgan fingerprint density at radius 2 is 1.95 bits per heavy atom. The summed E-state index contributed by atoms with van der Waals surface area (Å²) in [6.45, 7) is 1.48. The molecule has 1 aromatic carbocycles. The van der Waals surface area contributed by atoms with Gasteiger partial charge in [0.25, 0.3) is 0 Å². The van der Waals surface area contributed by atoms with E-state index >= 15 is 0 Å². The number of halogens is 1. The Morgan fingerprint density at radius 1 is 1.42 bits per heavy atom. The lowest BCUT2D eigenvalue weighted by molar-refractivity contribution is -0.139. The molecule has 0 unspecified atom stereocenters. The average Bonchev–Trinajstić information content (AvgIpc) is 2.99. The number of aliphatic carboxylic acids is 1. The molecule has 0 radical (unpaired) electrons. The highest BCUT2D eigenvalue weighted by Crippen LogP contribution is 2.54. The molecule has 2 rings (SSSR count). The van der Waals surface area contributed by atoms with Gasteiger partial charge in [0.15, 0.2) is 9.84 Å². The smallest absolute Gasteiger partial charge is 0.325 e. The summed E-state index contributed by atoms with van der Waals surface area (Å²) in [5, 5.41) is 8.63. The molecule has 1 fully saturated rings. The van der Waals surface area contributed by atoms with E-state index in [-0.39, 0.29) is 5.75 Å². The minimum atomic E-state index is -3.52. The fourth-order valence-electron chi connectivity index (χ4n) is 2.43. The zero-order chi connectivity index (χ0) is 14.4. The van der Waals surface area contributed by atoms with Crippen LogP contribution in [-0.2, 0) is 14.6 Å². The molecule has 1 aliphatic carbocycles. The Morgan fingerprint density at radius 3 is 2.37 bits per heavy atom. The molecule has 0 bridgehead atoms. The van der Waals surface area contributed by atoms with Crippen molar-refractivity contribution in [2.75, 3.05) is 5.75 Å². The summed E-state index contributed by atoms with van der Waals surface area (Å²) in [6, 6.07) is 6.41. The minimum Gasteiger partial charge on any atom is -0.480 e. The normalized spacial score (nSPS) is 30.1. The molecule has 0 aromatic heterocycles. The molecule has 19 heavy (non-hydrogen) atoms. The number of nitrogens with two attached hydrogens (primary N) is 1. The van der Waals surface area contributed by atoms with Gasteiger partial charge in [0.2, 0.25) is 0 Å². The molecule has 1 aliphatic rings. The van der Waals surface area contributed by atoms with Crippen LogP contribution in [0.4, 0.5) is 0 Å². The third-order valence-corrected chi connectivity index (χ3v) is 6.06. The molecule has 0 amide bonds. The summed E-state index contributed by atoms with van der Waals surface area (Å²) in [5.41, 5.74) is 4.63. The number of rotatable bonds is 4. The van der Waals surface area contributed by atoms with Crippen molar-refractivity contribution < 1.29 is 18.3 Å². The molecule has 1 aromatic rings. The summed E-state index contributed by atoms with van der Waals surface area (Å²) in [4.78, 5) is 11.3. The van der Waals surface area contributed by atoms with Gasteiger partial charge in [0.1, 0.15) is 5.54 Å². The maximum Gasteiger partial charge on any atom is 0.325 e. The van der Waals surface area contributed by atoms with E-state index in [0.717, 1.165) is 0 Å². The Labute approximate surface area is 116 Å². The lowest BCUT2D eigenvalue weighted by Gasteiger charge is -2.05. The zero-order valence-corrected chi connectivity index (χ0v) is 11.8. The Bertz CT molecular complexity index is 613. The number of carbonyl (C=O) groups is 1.